The predicted molar refractivity (Wildman–Crippen MR) is 224 cm³/mol. The Hall–Kier alpha value is -6.62. The molecule has 0 N–H and O–H groups in total. The van der Waals surface area contributed by atoms with E-state index in [9.17, 15) is 0 Å². The Labute approximate surface area is 304 Å². The lowest BCUT2D eigenvalue weighted by Gasteiger charge is -2.26. The summed E-state index contributed by atoms with van der Waals surface area (Å²) in [5, 5.41) is 7.57. The van der Waals surface area contributed by atoms with Crippen LogP contribution >= 0.6 is 11.3 Å². The Balaban J connectivity index is 1.09. The van der Waals surface area contributed by atoms with Crippen molar-refractivity contribution in [3.8, 4) is 11.4 Å². The molecule has 4 heteroatoms. The summed E-state index contributed by atoms with van der Waals surface area (Å²) in [6, 6.07) is 55.2. The van der Waals surface area contributed by atoms with Gasteiger partial charge in [0, 0.05) is 70.5 Å². The van der Waals surface area contributed by atoms with Crippen molar-refractivity contribution in [3.63, 3.8) is 0 Å². The molecule has 0 spiro atoms. The molecule has 52 heavy (non-hydrogen) atoms. The molecule has 0 radical (unpaired) electrons. The zero-order chi connectivity index (χ0) is 34.3. The first-order valence-electron chi connectivity index (χ1n) is 17.6. The van der Waals surface area contributed by atoms with Crippen LogP contribution in [0.4, 0.5) is 11.4 Å². The number of hydrogen-bond acceptors (Lipinski definition) is 2. The topological polar surface area (TPSA) is 13.1 Å². The number of rotatable bonds is 3. The Morgan fingerprint density at radius 3 is 1.62 bits per heavy atom. The monoisotopic (exact) mass is 681 g/mol. The highest BCUT2D eigenvalue weighted by Gasteiger charge is 2.21. The molecule has 0 bridgehead atoms. The summed E-state index contributed by atoms with van der Waals surface area (Å²) in [6.45, 7) is 4.61. The molecule has 3 nitrogen and oxygen atoms in total. The molecule has 4 heterocycles. The second-order valence-corrected chi connectivity index (χ2v) is 14.5. The number of thiophene rings is 1. The number of nitrogens with zero attached hydrogens (tertiary/aromatic N) is 3. The van der Waals surface area contributed by atoms with Gasteiger partial charge in [-0.25, -0.2) is 0 Å². The quantitative estimate of drug-likeness (QED) is 0.181. The number of anilines is 2. The summed E-state index contributed by atoms with van der Waals surface area (Å²) in [7, 11) is 0. The van der Waals surface area contributed by atoms with Gasteiger partial charge in [0.2, 0.25) is 0 Å². The number of para-hydroxylation sites is 4. The number of hydrogen-bond donors (Lipinski definition) is 0. The van der Waals surface area contributed by atoms with Crippen LogP contribution in [0.25, 0.3) is 80.7 Å². The lowest BCUT2D eigenvalue weighted by Crippen LogP contribution is -2.12. The van der Waals surface area contributed by atoms with Gasteiger partial charge in [-0.05, 0) is 78.4 Å². The minimum Gasteiger partial charge on any atom is -0.316 e. The highest BCUT2D eigenvalue weighted by Crippen LogP contribution is 2.46. The molecule has 1 aliphatic rings. The largest absolute Gasteiger partial charge is 0.316 e. The molecule has 7 aromatic carbocycles. The van der Waals surface area contributed by atoms with Gasteiger partial charge in [-0.2, -0.15) is 0 Å². The lowest BCUT2D eigenvalue weighted by molar-refractivity contribution is 1.17. The standard InChI is InChI=1S/C48H31N3S/c1-31-13-10-11-28-49(32-14-12-15-33(29-32)50-41-20-6-2-16-35(41)36-17-3-7-21-42(36)50)45-26-25-39-40-30-34(24-27-46(40)52-48(39)47(31)45)51-43-22-8-4-18-37(43)38-19-5-9-23-44(38)51/h2-30H,1H2/b13-10-,28-11-. The number of aromatic nitrogens is 2. The minimum absolute atomic E-state index is 1.00. The van der Waals surface area contributed by atoms with Crippen LogP contribution in [-0.2, 0) is 0 Å². The van der Waals surface area contributed by atoms with Crippen molar-refractivity contribution in [1.82, 2.24) is 9.13 Å². The van der Waals surface area contributed by atoms with E-state index < -0.39 is 0 Å². The van der Waals surface area contributed by atoms with E-state index in [4.69, 9.17) is 0 Å². The molecular formula is C48H31N3S. The Morgan fingerprint density at radius 1 is 0.442 bits per heavy atom. The van der Waals surface area contributed by atoms with E-state index in [2.05, 4.69) is 197 Å². The molecule has 0 unspecified atom stereocenters. The Bertz CT molecular complexity index is 3060. The third kappa shape index (κ3) is 4.19. The molecule has 3 aromatic heterocycles. The van der Waals surface area contributed by atoms with Crippen molar-refractivity contribution < 1.29 is 0 Å². The van der Waals surface area contributed by atoms with Crippen LogP contribution in [0.15, 0.2) is 183 Å². The van der Waals surface area contributed by atoms with Crippen molar-refractivity contribution in [3.05, 3.63) is 188 Å². The third-order valence-corrected chi connectivity index (χ3v) is 11.8. The van der Waals surface area contributed by atoms with E-state index in [1.807, 2.05) is 11.3 Å². The van der Waals surface area contributed by atoms with E-state index in [-0.39, 0.29) is 0 Å². The van der Waals surface area contributed by atoms with E-state index in [1.165, 1.54) is 75.0 Å². The third-order valence-electron chi connectivity index (χ3n) is 10.6. The average Bonchev–Trinajstić information content (AvgIpc) is 3.84. The van der Waals surface area contributed by atoms with Gasteiger partial charge >= 0.3 is 0 Å². The van der Waals surface area contributed by atoms with Crippen LogP contribution < -0.4 is 4.90 Å². The van der Waals surface area contributed by atoms with Crippen molar-refractivity contribution in [1.29, 1.82) is 0 Å². The number of allylic oxidation sites excluding steroid dienone is 4. The van der Waals surface area contributed by atoms with Crippen molar-refractivity contribution in [2.75, 3.05) is 4.90 Å². The SMILES string of the molecule is C=C1/C=C\C=C/N(c2cccc(-n3c4ccccc4c4ccccc43)c2)c2ccc3c(sc4ccc(-n5c6ccccc6c6ccccc65)cc43)c21. The zero-order valence-electron chi connectivity index (χ0n) is 28.2. The molecule has 0 atom stereocenters. The summed E-state index contributed by atoms with van der Waals surface area (Å²) in [5.41, 5.74) is 11.5. The summed E-state index contributed by atoms with van der Waals surface area (Å²) in [6.07, 6.45) is 8.51. The van der Waals surface area contributed by atoms with Gasteiger partial charge in [0.1, 0.15) is 0 Å². The normalized spacial score (nSPS) is 14.5. The predicted octanol–water partition coefficient (Wildman–Crippen LogP) is 13.5. The summed E-state index contributed by atoms with van der Waals surface area (Å²) in [5.74, 6) is 0. The van der Waals surface area contributed by atoms with Crippen molar-refractivity contribution in [2.24, 2.45) is 0 Å². The maximum absolute atomic E-state index is 4.61. The number of benzene rings is 7. The highest BCUT2D eigenvalue weighted by molar-refractivity contribution is 7.26. The lowest BCUT2D eigenvalue weighted by atomic mass is 9.99. The molecule has 0 saturated heterocycles. The first-order valence-corrected chi connectivity index (χ1v) is 18.4. The van der Waals surface area contributed by atoms with Gasteiger partial charge in [0.15, 0.2) is 0 Å². The van der Waals surface area contributed by atoms with Crippen LogP contribution in [0.5, 0.6) is 0 Å². The van der Waals surface area contributed by atoms with Crippen LogP contribution in [0.2, 0.25) is 0 Å². The first kappa shape index (κ1) is 29.1. The van der Waals surface area contributed by atoms with Crippen LogP contribution in [-0.4, -0.2) is 9.13 Å². The van der Waals surface area contributed by atoms with Crippen LogP contribution in [0.3, 0.4) is 0 Å². The van der Waals surface area contributed by atoms with Crippen molar-refractivity contribution in [2.45, 2.75) is 0 Å². The second kappa shape index (κ2) is 11.2. The van der Waals surface area contributed by atoms with Gasteiger partial charge < -0.3 is 14.0 Å². The van der Waals surface area contributed by atoms with Gasteiger partial charge in [0.05, 0.1) is 27.8 Å². The Kier molecular flexibility index (Phi) is 6.27. The fraction of sp³-hybridized carbons (Fsp3) is 0. The smallest absolute Gasteiger partial charge is 0.0548 e. The molecule has 0 fully saturated rings. The minimum atomic E-state index is 1.00. The molecule has 244 valence electrons. The molecule has 0 amide bonds. The second-order valence-electron chi connectivity index (χ2n) is 13.5. The molecule has 1 aliphatic heterocycles. The summed E-state index contributed by atoms with van der Waals surface area (Å²) in [4.78, 5) is 2.31. The fourth-order valence-corrected chi connectivity index (χ4v) is 9.61. The van der Waals surface area contributed by atoms with Crippen LogP contribution in [0, 0.1) is 0 Å². The summed E-state index contributed by atoms with van der Waals surface area (Å²) < 4.78 is 7.30. The maximum Gasteiger partial charge on any atom is 0.0548 e. The number of fused-ring (bicyclic) bond motifs is 11. The van der Waals surface area contributed by atoms with Gasteiger partial charge in [-0.1, -0.05) is 104 Å². The zero-order valence-corrected chi connectivity index (χ0v) is 29.0. The summed E-state index contributed by atoms with van der Waals surface area (Å²) >= 11 is 1.85. The van der Waals surface area contributed by atoms with Crippen LogP contribution in [0.1, 0.15) is 5.56 Å². The van der Waals surface area contributed by atoms with Gasteiger partial charge in [-0.3, -0.25) is 0 Å². The maximum atomic E-state index is 4.61. The average molecular weight is 682 g/mol. The van der Waals surface area contributed by atoms with E-state index in [1.54, 1.807) is 0 Å². The molecule has 10 aromatic rings. The van der Waals surface area contributed by atoms with Gasteiger partial charge in [0.25, 0.3) is 0 Å². The molecule has 11 rings (SSSR count). The van der Waals surface area contributed by atoms with Gasteiger partial charge in [-0.15, -0.1) is 11.3 Å². The highest BCUT2D eigenvalue weighted by atomic mass is 32.1. The molecule has 0 saturated carbocycles. The van der Waals surface area contributed by atoms with E-state index in [0.29, 0.717) is 0 Å². The molecule has 0 aliphatic carbocycles. The van der Waals surface area contributed by atoms with E-state index in [0.717, 1.165) is 22.6 Å². The Morgan fingerprint density at radius 2 is 1.00 bits per heavy atom. The van der Waals surface area contributed by atoms with Crippen molar-refractivity contribution >= 4 is 92.1 Å². The fourth-order valence-electron chi connectivity index (χ4n) is 8.35. The molecular weight excluding hydrogens is 651 g/mol. The first-order chi connectivity index (χ1) is 25.7. The van der Waals surface area contributed by atoms with E-state index >= 15 is 0 Å².